The molecule has 28 heavy (non-hydrogen) atoms. The number of hydrogen-bond donors (Lipinski definition) is 1. The molecule has 0 aliphatic heterocycles. The highest BCUT2D eigenvalue weighted by atomic mass is 35.5. The fourth-order valence-electron chi connectivity index (χ4n) is 3.99. The van der Waals surface area contributed by atoms with Gasteiger partial charge in [0.15, 0.2) is 0 Å². The quantitative estimate of drug-likeness (QED) is 0.638. The first-order valence-electron chi connectivity index (χ1n) is 9.50. The van der Waals surface area contributed by atoms with Crippen molar-refractivity contribution in [2.45, 2.75) is 45.7 Å². The Kier molecular flexibility index (Phi) is 5.30. The van der Waals surface area contributed by atoms with Crippen molar-refractivity contribution in [3.63, 3.8) is 0 Å². The van der Waals surface area contributed by atoms with E-state index in [1.165, 1.54) is 5.69 Å². The summed E-state index contributed by atoms with van der Waals surface area (Å²) in [6.07, 6.45) is 4.21. The fourth-order valence-corrected chi connectivity index (χ4v) is 4.90. The lowest BCUT2D eigenvalue weighted by Crippen LogP contribution is -2.37. The third-order valence-electron chi connectivity index (χ3n) is 5.23. The van der Waals surface area contributed by atoms with Gasteiger partial charge in [0.1, 0.15) is 0 Å². The van der Waals surface area contributed by atoms with Crippen molar-refractivity contribution in [3.8, 4) is 0 Å². The predicted molar refractivity (Wildman–Crippen MR) is 114 cm³/mol. The van der Waals surface area contributed by atoms with E-state index in [1.807, 2.05) is 41.9 Å². The van der Waals surface area contributed by atoms with Gasteiger partial charge in [-0.25, -0.2) is 0 Å². The standard InChI is InChI=1S/C22H24ClN3OS/c1-22(2)11-19(25-21(27)10-17-7-4-8-28-17)18-13-24-26(20(18)12-22)14-15-5-3-6-16(23)9-15/h3-9,13,19H,10-12,14H2,1-2H3,(H,25,27). The zero-order chi connectivity index (χ0) is 19.7. The van der Waals surface area contributed by atoms with Gasteiger partial charge in [0, 0.05) is 21.2 Å². The van der Waals surface area contributed by atoms with E-state index < -0.39 is 0 Å². The van der Waals surface area contributed by atoms with E-state index in [4.69, 9.17) is 11.6 Å². The lowest BCUT2D eigenvalue weighted by molar-refractivity contribution is -0.121. The van der Waals surface area contributed by atoms with Gasteiger partial charge in [-0.05, 0) is 47.4 Å². The van der Waals surface area contributed by atoms with Crippen LogP contribution in [-0.4, -0.2) is 15.7 Å². The van der Waals surface area contributed by atoms with Crippen molar-refractivity contribution in [1.82, 2.24) is 15.1 Å². The van der Waals surface area contributed by atoms with Crippen molar-refractivity contribution in [3.05, 3.63) is 74.7 Å². The fraction of sp³-hybridized carbons (Fsp3) is 0.364. The minimum absolute atomic E-state index is 0.000626. The number of amides is 1. The summed E-state index contributed by atoms with van der Waals surface area (Å²) < 4.78 is 2.06. The minimum Gasteiger partial charge on any atom is -0.349 e. The average molecular weight is 414 g/mol. The second-order valence-electron chi connectivity index (χ2n) is 8.26. The Morgan fingerprint density at radius 3 is 2.96 bits per heavy atom. The van der Waals surface area contributed by atoms with Crippen LogP contribution in [0.3, 0.4) is 0 Å². The van der Waals surface area contributed by atoms with E-state index in [2.05, 4.69) is 35.0 Å². The number of thiophene rings is 1. The molecule has 6 heteroatoms. The lowest BCUT2D eigenvalue weighted by atomic mass is 9.74. The molecule has 4 rings (SSSR count). The second-order valence-corrected chi connectivity index (χ2v) is 9.72. The number of halogens is 1. The maximum Gasteiger partial charge on any atom is 0.225 e. The van der Waals surface area contributed by atoms with Gasteiger partial charge in [0.25, 0.3) is 0 Å². The molecule has 4 nitrogen and oxygen atoms in total. The molecule has 146 valence electrons. The molecule has 2 aromatic heterocycles. The first-order chi connectivity index (χ1) is 13.4. The average Bonchev–Trinajstić information content (AvgIpc) is 3.24. The SMILES string of the molecule is CC1(C)Cc2c(cnn2Cc2cccc(Cl)c2)C(NC(=O)Cc2cccs2)C1. The van der Waals surface area contributed by atoms with Gasteiger partial charge in [-0.2, -0.15) is 5.10 Å². The summed E-state index contributed by atoms with van der Waals surface area (Å²) in [5.74, 6) is 0.0682. The van der Waals surface area contributed by atoms with Crippen molar-refractivity contribution >= 4 is 28.8 Å². The summed E-state index contributed by atoms with van der Waals surface area (Å²) in [6.45, 7) is 5.19. The number of aromatic nitrogens is 2. The van der Waals surface area contributed by atoms with E-state index in [1.54, 1.807) is 11.3 Å². The molecule has 0 bridgehead atoms. The minimum atomic E-state index is -0.000626. The van der Waals surface area contributed by atoms with Crippen LogP contribution in [0.1, 0.15) is 48.0 Å². The number of nitrogens with one attached hydrogen (secondary N) is 1. The van der Waals surface area contributed by atoms with Gasteiger partial charge in [-0.3, -0.25) is 9.48 Å². The number of carbonyl (C=O) groups is 1. The number of fused-ring (bicyclic) bond motifs is 1. The van der Waals surface area contributed by atoms with Crippen molar-refractivity contribution in [2.75, 3.05) is 0 Å². The summed E-state index contributed by atoms with van der Waals surface area (Å²) in [6, 6.07) is 11.9. The molecule has 1 aliphatic rings. The lowest BCUT2D eigenvalue weighted by Gasteiger charge is -2.36. The first kappa shape index (κ1) is 19.2. The van der Waals surface area contributed by atoms with Crippen LogP contribution in [0, 0.1) is 5.41 Å². The number of carbonyl (C=O) groups excluding carboxylic acids is 1. The summed E-state index contributed by atoms with van der Waals surface area (Å²) in [5, 5.41) is 10.6. The van der Waals surface area contributed by atoms with Crippen LogP contribution in [0.2, 0.25) is 5.02 Å². The maximum atomic E-state index is 12.6. The molecule has 1 unspecified atom stereocenters. The summed E-state index contributed by atoms with van der Waals surface area (Å²) in [5.41, 5.74) is 3.57. The van der Waals surface area contributed by atoms with Crippen molar-refractivity contribution in [1.29, 1.82) is 0 Å². The highest BCUT2D eigenvalue weighted by Crippen LogP contribution is 2.41. The van der Waals surface area contributed by atoms with E-state index in [0.29, 0.717) is 13.0 Å². The van der Waals surface area contributed by atoms with E-state index >= 15 is 0 Å². The predicted octanol–water partition coefficient (Wildman–Crippen LogP) is 5.02. The normalized spacial score (nSPS) is 17.9. The Morgan fingerprint density at radius 1 is 1.36 bits per heavy atom. The van der Waals surface area contributed by atoms with Crippen LogP contribution in [0.15, 0.2) is 48.0 Å². The van der Waals surface area contributed by atoms with Crippen molar-refractivity contribution in [2.24, 2.45) is 5.41 Å². The largest absolute Gasteiger partial charge is 0.349 e. The molecule has 1 N–H and O–H groups in total. The molecule has 1 aliphatic carbocycles. The number of nitrogens with zero attached hydrogens (tertiary/aromatic N) is 2. The molecular weight excluding hydrogens is 390 g/mol. The van der Waals surface area contributed by atoms with E-state index in [-0.39, 0.29) is 17.4 Å². The maximum absolute atomic E-state index is 12.6. The molecule has 3 aromatic rings. The Morgan fingerprint density at radius 2 is 2.21 bits per heavy atom. The Bertz CT molecular complexity index is 978. The third kappa shape index (κ3) is 4.31. The number of hydrogen-bond acceptors (Lipinski definition) is 3. The Labute approximate surface area is 174 Å². The van der Waals surface area contributed by atoms with Crippen LogP contribution >= 0.6 is 22.9 Å². The smallest absolute Gasteiger partial charge is 0.225 e. The number of benzene rings is 1. The molecule has 0 fully saturated rings. The van der Waals surface area contributed by atoms with Gasteiger partial charge >= 0.3 is 0 Å². The highest BCUT2D eigenvalue weighted by Gasteiger charge is 2.35. The van der Waals surface area contributed by atoms with Gasteiger partial charge in [-0.1, -0.05) is 43.6 Å². The molecular formula is C22H24ClN3OS. The number of rotatable bonds is 5. The summed E-state index contributed by atoms with van der Waals surface area (Å²) in [7, 11) is 0. The molecule has 1 aromatic carbocycles. The van der Waals surface area contributed by atoms with E-state index in [0.717, 1.165) is 33.9 Å². The van der Waals surface area contributed by atoms with Crippen LogP contribution in [0.5, 0.6) is 0 Å². The van der Waals surface area contributed by atoms with Crippen LogP contribution in [0.25, 0.3) is 0 Å². The van der Waals surface area contributed by atoms with Gasteiger partial charge < -0.3 is 5.32 Å². The zero-order valence-electron chi connectivity index (χ0n) is 16.1. The Balaban J connectivity index is 1.56. The zero-order valence-corrected chi connectivity index (χ0v) is 17.7. The second kappa shape index (κ2) is 7.72. The van der Waals surface area contributed by atoms with Gasteiger partial charge in [0.05, 0.1) is 25.2 Å². The first-order valence-corrected chi connectivity index (χ1v) is 10.8. The summed E-state index contributed by atoms with van der Waals surface area (Å²) in [4.78, 5) is 13.7. The van der Waals surface area contributed by atoms with Crippen LogP contribution in [-0.2, 0) is 24.2 Å². The highest BCUT2D eigenvalue weighted by molar-refractivity contribution is 7.10. The van der Waals surface area contributed by atoms with Crippen molar-refractivity contribution < 1.29 is 4.79 Å². The molecule has 1 atom stereocenters. The Hall–Kier alpha value is -2.11. The molecule has 1 amide bonds. The molecule has 2 heterocycles. The third-order valence-corrected chi connectivity index (χ3v) is 6.34. The van der Waals surface area contributed by atoms with E-state index in [9.17, 15) is 4.79 Å². The molecule has 0 radical (unpaired) electrons. The van der Waals surface area contributed by atoms with Crippen LogP contribution < -0.4 is 5.32 Å². The topological polar surface area (TPSA) is 46.9 Å². The summed E-state index contributed by atoms with van der Waals surface area (Å²) >= 11 is 7.75. The van der Waals surface area contributed by atoms with Gasteiger partial charge in [0.2, 0.25) is 5.91 Å². The molecule has 0 saturated carbocycles. The van der Waals surface area contributed by atoms with Crippen LogP contribution in [0.4, 0.5) is 0 Å². The van der Waals surface area contributed by atoms with Gasteiger partial charge in [-0.15, -0.1) is 11.3 Å². The molecule has 0 spiro atoms. The monoisotopic (exact) mass is 413 g/mol. The molecule has 0 saturated heterocycles.